The molecule has 1 unspecified atom stereocenters. The van der Waals surface area contributed by atoms with Gasteiger partial charge >= 0.3 is 5.97 Å². The van der Waals surface area contributed by atoms with Gasteiger partial charge in [0, 0.05) is 0 Å². The van der Waals surface area contributed by atoms with Gasteiger partial charge in [-0.3, -0.25) is 4.79 Å². The molecule has 0 saturated carbocycles. The second-order valence-corrected chi connectivity index (χ2v) is 2.45. The van der Waals surface area contributed by atoms with E-state index < -0.39 is 0 Å². The molecule has 0 heterocycles. The van der Waals surface area contributed by atoms with E-state index in [-0.39, 0.29) is 11.2 Å². The van der Waals surface area contributed by atoms with Crippen molar-refractivity contribution < 1.29 is 9.53 Å². The summed E-state index contributed by atoms with van der Waals surface area (Å²) in [5.74, 6) is -0.236. The summed E-state index contributed by atoms with van der Waals surface area (Å²) in [5.41, 5.74) is 0. The average molecular weight is 148 g/mol. The number of thiol groups is 1. The maximum absolute atomic E-state index is 10.6. The molecule has 0 aliphatic heterocycles. The third-order valence-corrected chi connectivity index (χ3v) is 1.50. The highest BCUT2D eigenvalue weighted by atomic mass is 32.1. The molecule has 0 rings (SSSR count). The number of esters is 1. The normalized spacial score (nSPS) is 12.8. The zero-order valence-electron chi connectivity index (χ0n) is 5.76. The van der Waals surface area contributed by atoms with Crippen molar-refractivity contribution in [1.29, 1.82) is 0 Å². The first kappa shape index (κ1) is 8.82. The molecule has 2 nitrogen and oxygen atoms in total. The van der Waals surface area contributed by atoms with Crippen LogP contribution < -0.4 is 0 Å². The van der Waals surface area contributed by atoms with Crippen molar-refractivity contribution in [1.82, 2.24) is 0 Å². The van der Waals surface area contributed by atoms with Gasteiger partial charge in [-0.2, -0.15) is 12.6 Å². The first-order chi connectivity index (χ1) is 4.22. The quantitative estimate of drug-likeness (QED) is 0.481. The van der Waals surface area contributed by atoms with E-state index in [9.17, 15) is 4.79 Å². The van der Waals surface area contributed by atoms with Gasteiger partial charge in [0.25, 0.3) is 0 Å². The fraction of sp³-hybridized carbons (Fsp3) is 0.833. The van der Waals surface area contributed by atoms with Crippen LogP contribution in [0.15, 0.2) is 0 Å². The lowest BCUT2D eigenvalue weighted by Gasteiger charge is -2.04. The average Bonchev–Trinajstić information content (AvgIpc) is 1.87. The van der Waals surface area contributed by atoms with Crippen molar-refractivity contribution in [3.8, 4) is 0 Å². The molecule has 1 atom stereocenters. The van der Waals surface area contributed by atoms with Crippen LogP contribution >= 0.6 is 12.6 Å². The molecule has 0 aromatic heterocycles. The molecular weight excluding hydrogens is 136 g/mol. The van der Waals surface area contributed by atoms with Gasteiger partial charge in [0.05, 0.1) is 12.4 Å². The fourth-order valence-corrected chi connectivity index (χ4v) is 0.891. The predicted octanol–water partition coefficient (Wildman–Crippen LogP) is 1.26. The van der Waals surface area contributed by atoms with Crippen molar-refractivity contribution in [2.75, 3.05) is 7.11 Å². The van der Waals surface area contributed by atoms with Gasteiger partial charge in [0.1, 0.15) is 0 Å². The second-order valence-electron chi connectivity index (χ2n) is 1.83. The van der Waals surface area contributed by atoms with E-state index in [1.807, 2.05) is 6.92 Å². The molecule has 0 fully saturated rings. The molecule has 0 aromatic carbocycles. The summed E-state index contributed by atoms with van der Waals surface area (Å²) in [6, 6.07) is 0. The van der Waals surface area contributed by atoms with Gasteiger partial charge < -0.3 is 4.74 Å². The molecule has 0 aliphatic rings. The van der Waals surface area contributed by atoms with E-state index in [0.717, 1.165) is 12.8 Å². The van der Waals surface area contributed by atoms with E-state index in [1.54, 1.807) is 0 Å². The van der Waals surface area contributed by atoms with Crippen molar-refractivity contribution in [2.45, 2.75) is 25.0 Å². The molecule has 0 bridgehead atoms. The summed E-state index contributed by atoms with van der Waals surface area (Å²) in [6.07, 6.45) is 1.75. The van der Waals surface area contributed by atoms with Gasteiger partial charge in [-0.05, 0) is 6.42 Å². The molecule has 54 valence electrons. The molecule has 0 spiro atoms. The third kappa shape index (κ3) is 3.40. The number of hydrogen-bond acceptors (Lipinski definition) is 3. The Bertz CT molecular complexity index is 93.1. The summed E-state index contributed by atoms with van der Waals surface area (Å²) in [7, 11) is 1.38. The Morgan fingerprint density at radius 1 is 1.78 bits per heavy atom. The van der Waals surface area contributed by atoms with E-state index in [2.05, 4.69) is 17.4 Å². The highest BCUT2D eigenvalue weighted by Gasteiger charge is 2.11. The van der Waals surface area contributed by atoms with E-state index in [4.69, 9.17) is 0 Å². The van der Waals surface area contributed by atoms with Crippen LogP contribution in [-0.2, 0) is 9.53 Å². The van der Waals surface area contributed by atoms with Crippen LogP contribution in [0.3, 0.4) is 0 Å². The number of carbonyl (C=O) groups is 1. The molecule has 3 heteroatoms. The highest BCUT2D eigenvalue weighted by molar-refractivity contribution is 7.81. The van der Waals surface area contributed by atoms with Crippen LogP contribution in [0.25, 0.3) is 0 Å². The maximum Gasteiger partial charge on any atom is 0.318 e. The molecule has 0 N–H and O–H groups in total. The number of ether oxygens (including phenoxy) is 1. The lowest BCUT2D eigenvalue weighted by Crippen LogP contribution is -2.15. The van der Waals surface area contributed by atoms with Crippen molar-refractivity contribution in [3.63, 3.8) is 0 Å². The zero-order chi connectivity index (χ0) is 7.28. The van der Waals surface area contributed by atoms with Crippen molar-refractivity contribution in [2.24, 2.45) is 0 Å². The van der Waals surface area contributed by atoms with Gasteiger partial charge in [0.15, 0.2) is 0 Å². The molecule has 0 aliphatic carbocycles. The Kier molecular flexibility index (Phi) is 4.58. The Morgan fingerprint density at radius 2 is 2.33 bits per heavy atom. The summed E-state index contributed by atoms with van der Waals surface area (Å²) >= 11 is 4.01. The summed E-state index contributed by atoms with van der Waals surface area (Å²) in [5, 5.41) is -0.236. The predicted molar refractivity (Wildman–Crippen MR) is 39.7 cm³/mol. The molecule has 9 heavy (non-hydrogen) atoms. The standard InChI is InChI=1S/C6H12O2S/c1-3-4-5(9)6(7)8-2/h5,9H,3-4H2,1-2H3. The van der Waals surface area contributed by atoms with Crippen LogP contribution in [0.4, 0.5) is 0 Å². The summed E-state index contributed by atoms with van der Waals surface area (Å²) < 4.78 is 4.45. The van der Waals surface area contributed by atoms with Crippen LogP contribution in [0.5, 0.6) is 0 Å². The largest absolute Gasteiger partial charge is 0.468 e. The van der Waals surface area contributed by atoms with E-state index in [0.29, 0.717) is 0 Å². The van der Waals surface area contributed by atoms with E-state index >= 15 is 0 Å². The van der Waals surface area contributed by atoms with Crippen LogP contribution in [0.1, 0.15) is 19.8 Å². The van der Waals surface area contributed by atoms with Gasteiger partial charge in [-0.15, -0.1) is 0 Å². The number of hydrogen-bond donors (Lipinski definition) is 1. The lowest BCUT2D eigenvalue weighted by molar-refractivity contribution is -0.140. The van der Waals surface area contributed by atoms with Crippen molar-refractivity contribution in [3.05, 3.63) is 0 Å². The minimum Gasteiger partial charge on any atom is -0.468 e. The second kappa shape index (κ2) is 4.68. The van der Waals surface area contributed by atoms with Crippen LogP contribution in [0, 0.1) is 0 Å². The molecular formula is C6H12O2S. The SMILES string of the molecule is CCCC(S)C(=O)OC. The molecule has 0 radical (unpaired) electrons. The highest BCUT2D eigenvalue weighted by Crippen LogP contribution is 2.05. The lowest BCUT2D eigenvalue weighted by atomic mass is 10.2. The van der Waals surface area contributed by atoms with Crippen LogP contribution in [0.2, 0.25) is 0 Å². The molecule has 0 aromatic rings. The Morgan fingerprint density at radius 3 is 2.67 bits per heavy atom. The topological polar surface area (TPSA) is 26.3 Å². The Hall–Kier alpha value is -0.180. The Balaban J connectivity index is 3.45. The molecule has 0 amide bonds. The summed E-state index contributed by atoms with van der Waals surface area (Å²) in [4.78, 5) is 10.6. The minimum atomic E-state index is -0.236. The van der Waals surface area contributed by atoms with Gasteiger partial charge in [0.2, 0.25) is 0 Å². The number of rotatable bonds is 3. The minimum absolute atomic E-state index is 0.236. The smallest absolute Gasteiger partial charge is 0.318 e. The maximum atomic E-state index is 10.6. The van der Waals surface area contributed by atoms with Crippen molar-refractivity contribution >= 4 is 18.6 Å². The monoisotopic (exact) mass is 148 g/mol. The fourth-order valence-electron chi connectivity index (χ4n) is 0.527. The van der Waals surface area contributed by atoms with Crippen LogP contribution in [-0.4, -0.2) is 18.3 Å². The van der Waals surface area contributed by atoms with Gasteiger partial charge in [-0.25, -0.2) is 0 Å². The summed E-state index contributed by atoms with van der Waals surface area (Å²) in [6.45, 7) is 2.01. The first-order valence-corrected chi connectivity index (χ1v) is 3.50. The number of methoxy groups -OCH3 is 1. The zero-order valence-corrected chi connectivity index (χ0v) is 6.65. The first-order valence-electron chi connectivity index (χ1n) is 2.98. The van der Waals surface area contributed by atoms with Gasteiger partial charge in [-0.1, -0.05) is 13.3 Å². The van der Waals surface area contributed by atoms with E-state index in [1.165, 1.54) is 7.11 Å². The number of carbonyl (C=O) groups excluding carboxylic acids is 1. The molecule has 0 saturated heterocycles. The third-order valence-electron chi connectivity index (χ3n) is 1.04. The Labute approximate surface area is 61.0 Å².